The average molecular weight is 268 g/mol. The van der Waals surface area contributed by atoms with E-state index in [1.54, 1.807) is 0 Å². The van der Waals surface area contributed by atoms with E-state index < -0.39 is 0 Å². The zero-order valence-electron chi connectivity index (χ0n) is 7.05. The van der Waals surface area contributed by atoms with Crippen LogP contribution in [0.3, 0.4) is 0 Å². The predicted molar refractivity (Wildman–Crippen MR) is 57.3 cm³/mol. The highest BCUT2D eigenvalue weighted by Gasteiger charge is 2.16. The molecule has 2 N–H and O–H groups in total. The van der Waals surface area contributed by atoms with E-state index in [4.69, 9.17) is 4.42 Å². The predicted octanol–water partition coefficient (Wildman–Crippen LogP) is 1.70. The fourth-order valence-electron chi connectivity index (χ4n) is 1.37. The first-order valence-electron chi connectivity index (χ1n) is 4.05. The Morgan fingerprint density at radius 3 is 2.77 bits per heavy atom. The summed E-state index contributed by atoms with van der Waals surface area (Å²) >= 11 is 3.28. The van der Waals surface area contributed by atoms with Crippen LogP contribution < -0.4 is 10.6 Å². The van der Waals surface area contributed by atoms with Gasteiger partial charge in [0, 0.05) is 19.6 Å². The minimum atomic E-state index is 0. The monoisotopic (exact) mass is 266 g/mol. The van der Waals surface area contributed by atoms with Gasteiger partial charge in [-0.1, -0.05) is 0 Å². The molecule has 5 heteroatoms. The first kappa shape index (κ1) is 11.0. The van der Waals surface area contributed by atoms with Gasteiger partial charge < -0.3 is 15.1 Å². The quantitative estimate of drug-likeness (QED) is 0.813. The molecule has 1 aromatic heterocycles. The maximum atomic E-state index is 5.44. The lowest BCUT2D eigenvalue weighted by molar-refractivity contribution is 0.357. The summed E-state index contributed by atoms with van der Waals surface area (Å²) in [5, 5.41) is 6.68. The first-order valence-corrected chi connectivity index (χ1v) is 4.85. The molecule has 0 spiro atoms. The van der Waals surface area contributed by atoms with Crippen LogP contribution in [0.1, 0.15) is 11.8 Å². The molecule has 0 bridgehead atoms. The molecule has 0 aliphatic carbocycles. The van der Waals surface area contributed by atoms with E-state index >= 15 is 0 Å². The number of hydrogen-bond donors (Lipinski definition) is 2. The van der Waals surface area contributed by atoms with Gasteiger partial charge in [0.05, 0.1) is 6.04 Å². The molecular formula is C8H12BrClN2O. The van der Waals surface area contributed by atoms with Crippen molar-refractivity contribution in [3.05, 3.63) is 22.6 Å². The van der Waals surface area contributed by atoms with E-state index in [1.807, 2.05) is 12.1 Å². The van der Waals surface area contributed by atoms with Crippen molar-refractivity contribution in [2.75, 3.05) is 19.6 Å². The topological polar surface area (TPSA) is 37.2 Å². The van der Waals surface area contributed by atoms with Gasteiger partial charge in [-0.15, -0.1) is 12.4 Å². The Kier molecular flexibility index (Phi) is 4.25. The van der Waals surface area contributed by atoms with Crippen molar-refractivity contribution < 1.29 is 4.42 Å². The standard InChI is InChI=1S/C8H11BrN2O.ClH/c9-8-2-1-7(12-8)6-5-10-3-4-11-6;/h1-2,6,10-11H,3-5H2;1H/t6-;/m1./s1. The number of furan rings is 1. The van der Waals surface area contributed by atoms with Gasteiger partial charge in [0.25, 0.3) is 0 Å². The maximum Gasteiger partial charge on any atom is 0.169 e. The van der Waals surface area contributed by atoms with E-state index in [9.17, 15) is 0 Å². The van der Waals surface area contributed by atoms with Gasteiger partial charge in [0.1, 0.15) is 5.76 Å². The van der Waals surface area contributed by atoms with Crippen molar-refractivity contribution in [2.45, 2.75) is 6.04 Å². The SMILES string of the molecule is Brc1ccc([C@H]2CNCCN2)o1.Cl. The molecule has 13 heavy (non-hydrogen) atoms. The molecule has 3 nitrogen and oxygen atoms in total. The Bertz CT molecular complexity index is 260. The third-order valence-corrected chi connectivity index (χ3v) is 2.40. The van der Waals surface area contributed by atoms with Gasteiger partial charge in [0.15, 0.2) is 4.67 Å². The number of hydrogen-bond acceptors (Lipinski definition) is 3. The van der Waals surface area contributed by atoms with Crippen molar-refractivity contribution >= 4 is 28.3 Å². The van der Waals surface area contributed by atoms with Crippen LogP contribution in [0.15, 0.2) is 21.2 Å². The second-order valence-corrected chi connectivity index (χ2v) is 3.63. The molecule has 1 aliphatic heterocycles. The van der Waals surface area contributed by atoms with Gasteiger partial charge in [-0.2, -0.15) is 0 Å². The Labute approximate surface area is 91.8 Å². The Morgan fingerprint density at radius 1 is 1.38 bits per heavy atom. The first-order chi connectivity index (χ1) is 5.86. The summed E-state index contributed by atoms with van der Waals surface area (Å²) in [5.41, 5.74) is 0. The van der Waals surface area contributed by atoms with Crippen molar-refractivity contribution in [3.63, 3.8) is 0 Å². The number of nitrogens with one attached hydrogen (secondary N) is 2. The molecule has 74 valence electrons. The van der Waals surface area contributed by atoms with Gasteiger partial charge in [0.2, 0.25) is 0 Å². The lowest BCUT2D eigenvalue weighted by atomic mass is 10.2. The number of halogens is 2. The van der Waals surface area contributed by atoms with Crippen LogP contribution in [0.5, 0.6) is 0 Å². The van der Waals surface area contributed by atoms with E-state index in [-0.39, 0.29) is 12.4 Å². The molecule has 0 amide bonds. The summed E-state index contributed by atoms with van der Waals surface area (Å²) in [4.78, 5) is 0. The normalized spacial score (nSPS) is 22.4. The lowest BCUT2D eigenvalue weighted by Gasteiger charge is -2.22. The molecule has 0 unspecified atom stereocenters. The van der Waals surface area contributed by atoms with Crippen molar-refractivity contribution in [1.82, 2.24) is 10.6 Å². The van der Waals surface area contributed by atoms with Gasteiger partial charge in [-0.05, 0) is 28.1 Å². The van der Waals surface area contributed by atoms with Crippen LogP contribution in [0, 0.1) is 0 Å². The van der Waals surface area contributed by atoms with Crippen LogP contribution in [-0.4, -0.2) is 19.6 Å². The van der Waals surface area contributed by atoms with Crippen molar-refractivity contribution in [1.29, 1.82) is 0 Å². The van der Waals surface area contributed by atoms with Crippen LogP contribution in [0.4, 0.5) is 0 Å². The largest absolute Gasteiger partial charge is 0.453 e. The van der Waals surface area contributed by atoms with Crippen LogP contribution in [0.2, 0.25) is 0 Å². The minimum Gasteiger partial charge on any atom is -0.453 e. The van der Waals surface area contributed by atoms with Gasteiger partial charge in [-0.25, -0.2) is 0 Å². The van der Waals surface area contributed by atoms with Crippen molar-refractivity contribution in [2.24, 2.45) is 0 Å². The number of piperazine rings is 1. The van der Waals surface area contributed by atoms with E-state index in [0.717, 1.165) is 30.1 Å². The Hall–Kier alpha value is -0.0300. The third kappa shape index (κ3) is 2.71. The summed E-state index contributed by atoms with van der Waals surface area (Å²) < 4.78 is 6.23. The molecule has 1 aromatic rings. The molecular weight excluding hydrogens is 255 g/mol. The van der Waals surface area contributed by atoms with Crippen LogP contribution in [-0.2, 0) is 0 Å². The number of rotatable bonds is 1. The highest BCUT2D eigenvalue weighted by Crippen LogP contribution is 2.20. The van der Waals surface area contributed by atoms with E-state index in [1.165, 1.54) is 0 Å². The smallest absolute Gasteiger partial charge is 0.169 e. The van der Waals surface area contributed by atoms with Gasteiger partial charge >= 0.3 is 0 Å². The third-order valence-electron chi connectivity index (χ3n) is 1.98. The van der Waals surface area contributed by atoms with Crippen LogP contribution in [0.25, 0.3) is 0 Å². The molecule has 1 saturated heterocycles. The zero-order valence-corrected chi connectivity index (χ0v) is 9.45. The van der Waals surface area contributed by atoms with Crippen LogP contribution >= 0.6 is 28.3 Å². The summed E-state index contributed by atoms with van der Waals surface area (Å²) in [6.07, 6.45) is 0. The fourth-order valence-corrected chi connectivity index (χ4v) is 1.69. The fraction of sp³-hybridized carbons (Fsp3) is 0.500. The maximum absolute atomic E-state index is 5.44. The van der Waals surface area contributed by atoms with Crippen molar-refractivity contribution in [3.8, 4) is 0 Å². The summed E-state index contributed by atoms with van der Waals surface area (Å²) in [5.74, 6) is 0.995. The molecule has 0 saturated carbocycles. The molecule has 0 radical (unpaired) electrons. The zero-order chi connectivity index (χ0) is 8.39. The molecule has 2 heterocycles. The minimum absolute atomic E-state index is 0. The highest BCUT2D eigenvalue weighted by molar-refractivity contribution is 9.10. The van der Waals surface area contributed by atoms with E-state index in [2.05, 4.69) is 26.6 Å². The molecule has 1 fully saturated rings. The summed E-state index contributed by atoms with van der Waals surface area (Å²) in [6, 6.07) is 4.24. The second kappa shape index (κ2) is 5.00. The molecule has 2 rings (SSSR count). The molecule has 1 atom stereocenters. The Balaban J connectivity index is 0.000000845. The van der Waals surface area contributed by atoms with E-state index in [0.29, 0.717) is 6.04 Å². The average Bonchev–Trinajstić information content (AvgIpc) is 2.54. The summed E-state index contributed by atoms with van der Waals surface area (Å²) in [7, 11) is 0. The molecule has 1 aliphatic rings. The lowest BCUT2D eigenvalue weighted by Crippen LogP contribution is -2.42. The molecule has 0 aromatic carbocycles. The second-order valence-electron chi connectivity index (χ2n) is 2.85. The summed E-state index contributed by atoms with van der Waals surface area (Å²) in [6.45, 7) is 2.99. The Morgan fingerprint density at radius 2 is 2.23 bits per heavy atom. The van der Waals surface area contributed by atoms with Gasteiger partial charge in [-0.3, -0.25) is 0 Å². The highest BCUT2D eigenvalue weighted by atomic mass is 79.9.